The van der Waals surface area contributed by atoms with E-state index in [1.807, 2.05) is 0 Å². The first kappa shape index (κ1) is 22.7. The molecule has 8 nitrogen and oxygen atoms in total. The highest BCUT2D eigenvalue weighted by atomic mass is 32.2. The lowest BCUT2D eigenvalue weighted by atomic mass is 9.86. The summed E-state index contributed by atoms with van der Waals surface area (Å²) in [5.74, 6) is -0.462. The van der Waals surface area contributed by atoms with Crippen molar-refractivity contribution in [2.24, 2.45) is 7.05 Å². The molecule has 0 radical (unpaired) electrons. The Labute approximate surface area is 193 Å². The number of hydrogen-bond donors (Lipinski definition) is 2. The Balaban J connectivity index is 1.77. The zero-order valence-corrected chi connectivity index (χ0v) is 19.0. The summed E-state index contributed by atoms with van der Waals surface area (Å²) in [6.45, 7) is 0. The van der Waals surface area contributed by atoms with Gasteiger partial charge in [-0.15, -0.1) is 0 Å². The molecular formula is C23H22FN3O5S. The number of carbonyl (C=O) groups excluding carboxylic acids is 1. The van der Waals surface area contributed by atoms with Crippen molar-refractivity contribution in [3.63, 3.8) is 0 Å². The molecule has 0 aliphatic carbocycles. The third-order valence-corrected chi connectivity index (χ3v) is 6.60. The number of anilines is 1. The van der Waals surface area contributed by atoms with Gasteiger partial charge in [-0.2, -0.15) is 4.98 Å². The van der Waals surface area contributed by atoms with Gasteiger partial charge < -0.3 is 24.5 Å². The van der Waals surface area contributed by atoms with Gasteiger partial charge in [0.1, 0.15) is 11.6 Å². The predicted molar refractivity (Wildman–Crippen MR) is 122 cm³/mol. The Bertz CT molecular complexity index is 1270. The number of phenolic OH excluding ortho intramolecular Hbond substituents is 1. The maximum atomic E-state index is 14.0. The van der Waals surface area contributed by atoms with Crippen LogP contribution in [0.4, 0.5) is 10.2 Å². The summed E-state index contributed by atoms with van der Waals surface area (Å²) in [6.07, 6.45) is 0.0166. The number of phenols is 1. The van der Waals surface area contributed by atoms with Crippen LogP contribution in [-0.4, -0.2) is 34.8 Å². The van der Waals surface area contributed by atoms with Crippen LogP contribution in [-0.2, 0) is 17.6 Å². The number of aromatic nitrogens is 2. The number of rotatable bonds is 6. The van der Waals surface area contributed by atoms with E-state index >= 15 is 0 Å². The molecule has 1 aromatic heterocycles. The number of ether oxygens (including phenoxy) is 2. The SMILES string of the molecule is COc1cc(C2CC(=O)Nc3c2c(=O)nc(SCc2ccccc2F)n3C)cc(OC)c1O. The Hall–Kier alpha value is -3.53. The summed E-state index contributed by atoms with van der Waals surface area (Å²) in [5, 5.41) is 13.4. The van der Waals surface area contributed by atoms with Crippen LogP contribution in [0, 0.1) is 5.82 Å². The number of carbonyl (C=O) groups is 1. The zero-order valence-electron chi connectivity index (χ0n) is 18.2. The molecule has 2 N–H and O–H groups in total. The van der Waals surface area contributed by atoms with E-state index in [1.54, 1.807) is 41.9 Å². The number of amides is 1. The van der Waals surface area contributed by atoms with Crippen molar-refractivity contribution >= 4 is 23.5 Å². The van der Waals surface area contributed by atoms with Crippen molar-refractivity contribution in [1.82, 2.24) is 9.55 Å². The fraction of sp³-hybridized carbons (Fsp3) is 0.261. The van der Waals surface area contributed by atoms with Crippen molar-refractivity contribution in [3.8, 4) is 17.2 Å². The Kier molecular flexibility index (Phi) is 6.28. The number of methoxy groups -OCH3 is 2. The van der Waals surface area contributed by atoms with Gasteiger partial charge in [-0.1, -0.05) is 30.0 Å². The molecule has 3 aromatic rings. The highest BCUT2D eigenvalue weighted by Gasteiger charge is 2.33. The van der Waals surface area contributed by atoms with E-state index in [0.29, 0.717) is 27.7 Å². The highest BCUT2D eigenvalue weighted by Crippen LogP contribution is 2.43. The van der Waals surface area contributed by atoms with Gasteiger partial charge in [0.05, 0.1) is 19.8 Å². The largest absolute Gasteiger partial charge is 0.502 e. The second-order valence-corrected chi connectivity index (χ2v) is 8.42. The average molecular weight is 472 g/mol. The maximum absolute atomic E-state index is 14.0. The molecule has 1 amide bonds. The first-order valence-corrected chi connectivity index (χ1v) is 11.0. The summed E-state index contributed by atoms with van der Waals surface area (Å²) in [7, 11) is 4.49. The Morgan fingerprint density at radius 3 is 2.52 bits per heavy atom. The van der Waals surface area contributed by atoms with Gasteiger partial charge in [-0.25, -0.2) is 4.39 Å². The number of halogens is 1. The van der Waals surface area contributed by atoms with Gasteiger partial charge in [0.25, 0.3) is 5.56 Å². The molecule has 0 saturated heterocycles. The summed E-state index contributed by atoms with van der Waals surface area (Å²) in [4.78, 5) is 29.9. The Morgan fingerprint density at radius 1 is 1.21 bits per heavy atom. The standard InChI is InChI=1S/C23H22FN3O5S/c1-27-21-19(22(30)26-23(27)33-11-12-6-4-5-7-15(12)24)14(10-18(28)25-21)13-8-16(31-2)20(29)17(9-13)32-3/h4-9,14,29H,10-11H2,1-3H3,(H,25,28). The minimum absolute atomic E-state index is 0.0166. The van der Waals surface area contributed by atoms with Crippen molar-refractivity contribution in [1.29, 1.82) is 0 Å². The number of aromatic hydroxyl groups is 1. The van der Waals surface area contributed by atoms with E-state index in [-0.39, 0.29) is 41.1 Å². The van der Waals surface area contributed by atoms with E-state index in [1.165, 1.54) is 32.0 Å². The summed E-state index contributed by atoms with van der Waals surface area (Å²) in [6, 6.07) is 9.54. The molecule has 2 heterocycles. The molecule has 172 valence electrons. The highest BCUT2D eigenvalue weighted by molar-refractivity contribution is 7.98. The van der Waals surface area contributed by atoms with Crippen molar-refractivity contribution < 1.29 is 23.8 Å². The zero-order chi connectivity index (χ0) is 23.7. The average Bonchev–Trinajstić information content (AvgIpc) is 2.81. The topological polar surface area (TPSA) is 103 Å². The molecule has 1 unspecified atom stereocenters. The minimum Gasteiger partial charge on any atom is -0.502 e. The van der Waals surface area contributed by atoms with E-state index in [2.05, 4.69) is 10.3 Å². The first-order valence-electron chi connectivity index (χ1n) is 10.1. The third kappa shape index (κ3) is 4.25. The molecule has 0 saturated carbocycles. The lowest BCUT2D eigenvalue weighted by Crippen LogP contribution is -2.33. The van der Waals surface area contributed by atoms with Gasteiger partial charge >= 0.3 is 0 Å². The van der Waals surface area contributed by atoms with Crippen LogP contribution in [0.15, 0.2) is 46.3 Å². The van der Waals surface area contributed by atoms with Gasteiger partial charge in [0, 0.05) is 25.1 Å². The van der Waals surface area contributed by atoms with Gasteiger partial charge in [-0.3, -0.25) is 9.59 Å². The smallest absolute Gasteiger partial charge is 0.279 e. The number of nitrogens with zero attached hydrogens (tertiary/aromatic N) is 2. The second-order valence-electron chi connectivity index (χ2n) is 7.48. The number of fused-ring (bicyclic) bond motifs is 1. The van der Waals surface area contributed by atoms with Crippen molar-refractivity contribution in [3.05, 3.63) is 69.3 Å². The van der Waals surface area contributed by atoms with Crippen molar-refractivity contribution in [2.45, 2.75) is 23.2 Å². The number of nitrogens with one attached hydrogen (secondary N) is 1. The summed E-state index contributed by atoms with van der Waals surface area (Å²) >= 11 is 1.20. The molecule has 33 heavy (non-hydrogen) atoms. The lowest BCUT2D eigenvalue weighted by Gasteiger charge is -2.28. The van der Waals surface area contributed by atoms with Crippen molar-refractivity contribution in [2.75, 3.05) is 19.5 Å². The van der Waals surface area contributed by atoms with E-state index < -0.39 is 11.5 Å². The maximum Gasteiger partial charge on any atom is 0.279 e. The molecule has 1 aliphatic heterocycles. The monoisotopic (exact) mass is 471 g/mol. The second kappa shape index (κ2) is 9.14. The number of hydrogen-bond acceptors (Lipinski definition) is 7. The molecule has 2 aromatic carbocycles. The molecule has 0 fully saturated rings. The van der Waals surface area contributed by atoms with E-state index in [4.69, 9.17) is 9.47 Å². The quantitative estimate of drug-likeness (QED) is 0.420. The normalized spacial score (nSPS) is 15.0. The molecule has 0 spiro atoms. The molecule has 10 heteroatoms. The van der Waals surface area contributed by atoms with Crippen LogP contribution < -0.4 is 20.3 Å². The van der Waals surface area contributed by atoms with Crippen LogP contribution in [0.25, 0.3) is 0 Å². The fourth-order valence-electron chi connectivity index (χ4n) is 3.82. The summed E-state index contributed by atoms with van der Waals surface area (Å²) in [5.41, 5.74) is 0.889. The summed E-state index contributed by atoms with van der Waals surface area (Å²) < 4.78 is 26.1. The predicted octanol–water partition coefficient (Wildman–Crippen LogP) is 3.41. The van der Waals surface area contributed by atoms with Crippen LogP contribution in [0.3, 0.4) is 0 Å². The molecule has 1 aliphatic rings. The first-order chi connectivity index (χ1) is 15.8. The minimum atomic E-state index is -0.617. The van der Waals surface area contributed by atoms with E-state index in [9.17, 15) is 19.1 Å². The molecular weight excluding hydrogens is 449 g/mol. The molecule has 4 rings (SSSR count). The molecule has 1 atom stereocenters. The lowest BCUT2D eigenvalue weighted by molar-refractivity contribution is -0.116. The molecule has 0 bridgehead atoms. The van der Waals surface area contributed by atoms with Crippen LogP contribution in [0.1, 0.15) is 29.0 Å². The third-order valence-electron chi connectivity index (χ3n) is 5.52. The van der Waals surface area contributed by atoms with Crippen LogP contribution >= 0.6 is 11.8 Å². The van der Waals surface area contributed by atoms with Crippen LogP contribution in [0.2, 0.25) is 0 Å². The van der Waals surface area contributed by atoms with Gasteiger partial charge in [0.15, 0.2) is 16.7 Å². The number of benzene rings is 2. The number of thioether (sulfide) groups is 1. The van der Waals surface area contributed by atoms with Gasteiger partial charge in [-0.05, 0) is 29.3 Å². The van der Waals surface area contributed by atoms with Crippen LogP contribution in [0.5, 0.6) is 17.2 Å². The van der Waals surface area contributed by atoms with Gasteiger partial charge in [0.2, 0.25) is 11.7 Å². The van der Waals surface area contributed by atoms with E-state index in [0.717, 1.165) is 0 Å². The Morgan fingerprint density at radius 2 is 1.88 bits per heavy atom. The fourth-order valence-corrected chi connectivity index (χ4v) is 4.77.